The minimum Gasteiger partial charge on any atom is -0.298 e. The van der Waals surface area contributed by atoms with E-state index in [-0.39, 0.29) is 4.90 Å². The summed E-state index contributed by atoms with van der Waals surface area (Å²) in [5, 5.41) is 0. The monoisotopic (exact) mass is 324 g/mol. The van der Waals surface area contributed by atoms with E-state index in [4.69, 9.17) is 0 Å². The van der Waals surface area contributed by atoms with Crippen LogP contribution in [-0.4, -0.2) is 39.4 Å². The third-order valence-electron chi connectivity index (χ3n) is 4.10. The van der Waals surface area contributed by atoms with Gasteiger partial charge in [-0.3, -0.25) is 9.69 Å². The van der Waals surface area contributed by atoms with Gasteiger partial charge in [-0.05, 0) is 63.0 Å². The minimum absolute atomic E-state index is 0.176. The van der Waals surface area contributed by atoms with E-state index in [1.807, 2.05) is 13.0 Å². The number of benzene rings is 1. The van der Waals surface area contributed by atoms with Crippen molar-refractivity contribution in [3.05, 3.63) is 29.3 Å². The largest absolute Gasteiger partial charge is 0.298 e. The second-order valence-electron chi connectivity index (χ2n) is 6.02. The van der Waals surface area contributed by atoms with Crippen molar-refractivity contribution in [2.75, 3.05) is 14.1 Å². The molecule has 0 aromatic heterocycles. The van der Waals surface area contributed by atoms with Crippen molar-refractivity contribution in [2.45, 2.75) is 50.0 Å². The Morgan fingerprint density at radius 2 is 1.95 bits per heavy atom. The van der Waals surface area contributed by atoms with Crippen LogP contribution in [0.15, 0.2) is 23.1 Å². The summed E-state index contributed by atoms with van der Waals surface area (Å²) in [7, 11) is -0.245. The van der Waals surface area contributed by atoms with E-state index >= 15 is 0 Å². The lowest BCUT2D eigenvalue weighted by Gasteiger charge is -2.22. The predicted octanol–water partition coefficient (Wildman–Crippen LogP) is 1.71. The third kappa shape index (κ3) is 3.67. The van der Waals surface area contributed by atoms with Crippen molar-refractivity contribution >= 4 is 15.9 Å². The van der Waals surface area contributed by atoms with Crippen molar-refractivity contribution in [1.82, 2.24) is 9.62 Å². The van der Waals surface area contributed by atoms with E-state index in [1.165, 1.54) is 5.56 Å². The highest BCUT2D eigenvalue weighted by Crippen LogP contribution is 2.24. The predicted molar refractivity (Wildman–Crippen MR) is 86.2 cm³/mol. The van der Waals surface area contributed by atoms with E-state index in [2.05, 4.69) is 4.72 Å². The maximum Gasteiger partial charge on any atom is 0.264 e. The minimum atomic E-state index is -3.80. The van der Waals surface area contributed by atoms with Crippen molar-refractivity contribution in [2.24, 2.45) is 0 Å². The molecule has 0 spiro atoms. The Labute approximate surface area is 132 Å². The first-order chi connectivity index (χ1) is 10.3. The summed E-state index contributed by atoms with van der Waals surface area (Å²) in [5.41, 5.74) is 2.29. The standard InChI is InChI=1S/C16H24N2O3S/c1-4-6-15(18(2)3)16(19)17-22(20,21)14-10-9-12-7-5-8-13(12)11-14/h9-11,15H,4-8H2,1-3H3,(H,17,19)/t15-/m1/s1. The number of sulfonamides is 1. The normalized spacial score (nSPS) is 15.6. The van der Waals surface area contributed by atoms with Gasteiger partial charge in [0.2, 0.25) is 0 Å². The number of rotatable bonds is 6. The Morgan fingerprint density at radius 3 is 2.59 bits per heavy atom. The van der Waals surface area contributed by atoms with E-state index < -0.39 is 22.0 Å². The number of fused-ring (bicyclic) bond motifs is 1. The van der Waals surface area contributed by atoms with Crippen LogP contribution in [0.1, 0.15) is 37.3 Å². The first-order valence-electron chi connectivity index (χ1n) is 7.70. The number of hydrogen-bond acceptors (Lipinski definition) is 4. The molecule has 1 aliphatic carbocycles. The average molecular weight is 324 g/mol. The Kier molecular flexibility index (Phi) is 5.24. The second-order valence-corrected chi connectivity index (χ2v) is 7.70. The fraction of sp³-hybridized carbons (Fsp3) is 0.562. The molecule has 122 valence electrons. The van der Waals surface area contributed by atoms with E-state index in [9.17, 15) is 13.2 Å². The summed E-state index contributed by atoms with van der Waals surface area (Å²) in [4.78, 5) is 14.2. The molecule has 22 heavy (non-hydrogen) atoms. The number of amides is 1. The number of carbonyl (C=O) groups excluding carboxylic acids is 1. The molecule has 0 unspecified atom stereocenters. The van der Waals surface area contributed by atoms with Crippen LogP contribution in [-0.2, 0) is 27.7 Å². The highest BCUT2D eigenvalue weighted by atomic mass is 32.2. The Morgan fingerprint density at radius 1 is 1.27 bits per heavy atom. The van der Waals surface area contributed by atoms with Gasteiger partial charge in [0.15, 0.2) is 0 Å². The lowest BCUT2D eigenvalue weighted by Crippen LogP contribution is -2.45. The summed E-state index contributed by atoms with van der Waals surface area (Å²) < 4.78 is 27.1. The molecule has 1 atom stereocenters. The van der Waals surface area contributed by atoms with Gasteiger partial charge >= 0.3 is 0 Å². The lowest BCUT2D eigenvalue weighted by molar-refractivity contribution is -0.123. The Balaban J connectivity index is 2.18. The molecular weight excluding hydrogens is 300 g/mol. The third-order valence-corrected chi connectivity index (χ3v) is 5.45. The maximum atomic E-state index is 12.4. The molecule has 1 N–H and O–H groups in total. The average Bonchev–Trinajstić information content (AvgIpc) is 2.91. The van der Waals surface area contributed by atoms with E-state index in [0.29, 0.717) is 6.42 Å². The van der Waals surface area contributed by atoms with Gasteiger partial charge in [0.25, 0.3) is 15.9 Å². The van der Waals surface area contributed by atoms with Crippen LogP contribution in [0.2, 0.25) is 0 Å². The molecule has 5 nitrogen and oxygen atoms in total. The highest BCUT2D eigenvalue weighted by Gasteiger charge is 2.26. The van der Waals surface area contributed by atoms with Crippen LogP contribution in [0.5, 0.6) is 0 Å². The van der Waals surface area contributed by atoms with Crippen molar-refractivity contribution in [3.8, 4) is 0 Å². The fourth-order valence-electron chi connectivity index (χ4n) is 2.87. The van der Waals surface area contributed by atoms with Gasteiger partial charge in [0.05, 0.1) is 10.9 Å². The molecule has 0 heterocycles. The van der Waals surface area contributed by atoms with Crippen LogP contribution >= 0.6 is 0 Å². The van der Waals surface area contributed by atoms with Crippen LogP contribution in [0.25, 0.3) is 0 Å². The first-order valence-corrected chi connectivity index (χ1v) is 9.18. The number of aryl methyl sites for hydroxylation is 2. The topological polar surface area (TPSA) is 66.5 Å². The molecule has 2 rings (SSSR count). The highest BCUT2D eigenvalue weighted by molar-refractivity contribution is 7.90. The smallest absolute Gasteiger partial charge is 0.264 e. The van der Waals surface area contributed by atoms with Crippen molar-refractivity contribution in [3.63, 3.8) is 0 Å². The molecule has 1 aliphatic rings. The molecule has 0 fully saturated rings. The number of nitrogens with one attached hydrogen (secondary N) is 1. The zero-order valence-corrected chi connectivity index (χ0v) is 14.2. The van der Waals surface area contributed by atoms with Crippen LogP contribution in [0.3, 0.4) is 0 Å². The number of likely N-dealkylation sites (N-methyl/N-ethyl adjacent to an activating group) is 1. The number of carbonyl (C=O) groups is 1. The van der Waals surface area contributed by atoms with Gasteiger partial charge in [-0.1, -0.05) is 19.4 Å². The van der Waals surface area contributed by atoms with Gasteiger partial charge in [0, 0.05) is 0 Å². The molecule has 6 heteroatoms. The van der Waals surface area contributed by atoms with Gasteiger partial charge < -0.3 is 0 Å². The fourth-order valence-corrected chi connectivity index (χ4v) is 3.94. The van der Waals surface area contributed by atoms with Crippen molar-refractivity contribution < 1.29 is 13.2 Å². The number of nitrogens with zero attached hydrogens (tertiary/aromatic N) is 1. The SMILES string of the molecule is CCC[C@H](C(=O)NS(=O)(=O)c1ccc2c(c1)CCC2)N(C)C. The molecule has 0 aliphatic heterocycles. The van der Waals surface area contributed by atoms with Gasteiger partial charge in [-0.15, -0.1) is 0 Å². The zero-order valence-electron chi connectivity index (χ0n) is 13.4. The molecule has 0 saturated heterocycles. The molecule has 1 aromatic rings. The van der Waals surface area contributed by atoms with Gasteiger partial charge in [-0.25, -0.2) is 13.1 Å². The van der Waals surface area contributed by atoms with E-state index in [1.54, 1.807) is 31.1 Å². The van der Waals surface area contributed by atoms with Crippen LogP contribution in [0, 0.1) is 0 Å². The van der Waals surface area contributed by atoms with E-state index in [0.717, 1.165) is 31.2 Å². The number of hydrogen-bond donors (Lipinski definition) is 1. The molecule has 1 aromatic carbocycles. The first kappa shape index (κ1) is 17.0. The molecule has 0 bridgehead atoms. The summed E-state index contributed by atoms with van der Waals surface area (Å²) in [6.07, 6.45) is 4.40. The Bertz CT molecular complexity index is 653. The quantitative estimate of drug-likeness (QED) is 0.865. The summed E-state index contributed by atoms with van der Waals surface area (Å²) in [5.74, 6) is -0.465. The molecule has 0 saturated carbocycles. The second kappa shape index (κ2) is 6.79. The maximum absolute atomic E-state index is 12.4. The summed E-state index contributed by atoms with van der Waals surface area (Å²) in [6, 6.07) is 4.71. The summed E-state index contributed by atoms with van der Waals surface area (Å²) in [6.45, 7) is 1.97. The van der Waals surface area contributed by atoms with Crippen LogP contribution in [0.4, 0.5) is 0 Å². The lowest BCUT2D eigenvalue weighted by atomic mass is 10.1. The van der Waals surface area contributed by atoms with Gasteiger partial charge in [-0.2, -0.15) is 0 Å². The molecule has 0 radical (unpaired) electrons. The van der Waals surface area contributed by atoms with Gasteiger partial charge in [0.1, 0.15) is 0 Å². The summed E-state index contributed by atoms with van der Waals surface area (Å²) >= 11 is 0. The van der Waals surface area contributed by atoms with Crippen molar-refractivity contribution in [1.29, 1.82) is 0 Å². The van der Waals surface area contributed by atoms with Crippen LogP contribution < -0.4 is 4.72 Å². The Hall–Kier alpha value is -1.40. The molecule has 1 amide bonds. The molecular formula is C16H24N2O3S. The zero-order chi connectivity index (χ0) is 16.3.